The van der Waals surface area contributed by atoms with Crippen molar-refractivity contribution in [3.63, 3.8) is 0 Å². The zero-order valence-corrected chi connectivity index (χ0v) is 12.9. The number of fused-ring (bicyclic) bond motifs is 1. The number of nitrogens with two attached hydrogens (primary N) is 1. The molecule has 2 aromatic heterocycles. The molecule has 3 aromatic rings. The number of hydrogen-bond acceptors (Lipinski definition) is 3. The van der Waals surface area contributed by atoms with Gasteiger partial charge in [0.2, 0.25) is 5.95 Å². The second-order valence-electron chi connectivity index (χ2n) is 3.77. The third-order valence-electron chi connectivity index (χ3n) is 2.64. The molecule has 1 aromatic carbocycles. The Labute approximate surface area is 125 Å². The zero-order valence-electron chi connectivity index (χ0n) is 9.14. The van der Waals surface area contributed by atoms with Gasteiger partial charge in [0.25, 0.3) is 0 Å². The van der Waals surface area contributed by atoms with Crippen LogP contribution in [-0.2, 0) is 0 Å². The molecule has 0 fully saturated rings. The fourth-order valence-electron chi connectivity index (χ4n) is 1.85. The third kappa shape index (κ3) is 1.89. The molecule has 0 aliphatic heterocycles. The first-order valence-corrected chi connectivity index (χ1v) is 7.07. The highest BCUT2D eigenvalue weighted by Crippen LogP contribution is 2.26. The summed E-state index contributed by atoms with van der Waals surface area (Å²) in [4.78, 5) is 8.35. The normalized spacial score (nSPS) is 11.0. The van der Waals surface area contributed by atoms with Crippen molar-refractivity contribution >= 4 is 55.5 Å². The molecule has 0 saturated carbocycles. The van der Waals surface area contributed by atoms with E-state index in [1.807, 2.05) is 28.8 Å². The van der Waals surface area contributed by atoms with Crippen LogP contribution in [0.3, 0.4) is 0 Å². The van der Waals surface area contributed by atoms with E-state index in [0.717, 1.165) is 24.8 Å². The lowest BCUT2D eigenvalue weighted by Crippen LogP contribution is -2.00. The van der Waals surface area contributed by atoms with Crippen LogP contribution in [0.5, 0.6) is 0 Å². The predicted molar refractivity (Wildman–Crippen MR) is 83.7 cm³/mol. The topological polar surface area (TPSA) is 56.7 Å². The lowest BCUT2D eigenvalue weighted by Gasteiger charge is -2.07. The van der Waals surface area contributed by atoms with Crippen LogP contribution < -0.4 is 5.73 Å². The van der Waals surface area contributed by atoms with E-state index < -0.39 is 0 Å². The number of benzene rings is 1. The summed E-state index contributed by atoms with van der Waals surface area (Å²) in [6.45, 7) is 0. The minimum Gasteiger partial charge on any atom is -0.369 e. The molecule has 4 nitrogen and oxygen atoms in total. The van der Waals surface area contributed by atoms with Gasteiger partial charge >= 0.3 is 0 Å². The number of nitrogens with zero attached hydrogens (tertiary/aromatic N) is 3. The first-order valence-electron chi connectivity index (χ1n) is 5.20. The van der Waals surface area contributed by atoms with Crippen molar-refractivity contribution in [3.05, 3.63) is 44.7 Å². The van der Waals surface area contributed by atoms with E-state index in [1.54, 1.807) is 12.4 Å². The third-order valence-corrected chi connectivity index (χ3v) is 4.98. The molecule has 0 atom stereocenters. The Hall–Kier alpha value is -1.15. The average Bonchev–Trinajstić information content (AvgIpc) is 2.69. The number of rotatable bonds is 1. The molecular formula is C12H8BrIN4. The standard InChI is InChI=1S/C12H8BrIN4/c13-8-5-7(1-2-9(8)14)18-11-3-4-16-6-10(11)17-12(18)15/h1-6H,(H2,15,17). The Morgan fingerprint density at radius 1 is 1.28 bits per heavy atom. The van der Waals surface area contributed by atoms with Crippen molar-refractivity contribution in [2.45, 2.75) is 0 Å². The minimum atomic E-state index is 0.464. The van der Waals surface area contributed by atoms with Crippen LogP contribution >= 0.6 is 38.5 Å². The molecule has 3 rings (SSSR count). The highest BCUT2D eigenvalue weighted by atomic mass is 127. The fraction of sp³-hybridized carbons (Fsp3) is 0. The van der Waals surface area contributed by atoms with E-state index in [0.29, 0.717) is 5.95 Å². The number of nitrogen functional groups attached to an aromatic ring is 1. The van der Waals surface area contributed by atoms with Gasteiger partial charge in [-0.3, -0.25) is 9.55 Å². The van der Waals surface area contributed by atoms with Gasteiger partial charge in [0.15, 0.2) is 0 Å². The summed E-state index contributed by atoms with van der Waals surface area (Å²) in [7, 11) is 0. The maximum Gasteiger partial charge on any atom is 0.205 e. The molecule has 0 unspecified atom stereocenters. The minimum absolute atomic E-state index is 0.464. The van der Waals surface area contributed by atoms with Crippen LogP contribution in [0, 0.1) is 3.57 Å². The number of imidazole rings is 1. The summed E-state index contributed by atoms with van der Waals surface area (Å²) in [5, 5.41) is 0. The van der Waals surface area contributed by atoms with Crippen LogP contribution in [0.25, 0.3) is 16.7 Å². The van der Waals surface area contributed by atoms with E-state index in [-0.39, 0.29) is 0 Å². The molecule has 0 saturated heterocycles. The molecule has 2 N–H and O–H groups in total. The van der Waals surface area contributed by atoms with Crippen molar-refractivity contribution in [2.75, 3.05) is 5.73 Å². The van der Waals surface area contributed by atoms with Crippen molar-refractivity contribution in [1.82, 2.24) is 14.5 Å². The van der Waals surface area contributed by atoms with Crippen LogP contribution in [0.1, 0.15) is 0 Å². The maximum absolute atomic E-state index is 5.98. The van der Waals surface area contributed by atoms with Crippen molar-refractivity contribution in [3.8, 4) is 5.69 Å². The monoisotopic (exact) mass is 414 g/mol. The van der Waals surface area contributed by atoms with Gasteiger partial charge in [-0.15, -0.1) is 0 Å². The molecule has 0 aliphatic carbocycles. The molecule has 0 aliphatic rings. The smallest absolute Gasteiger partial charge is 0.205 e. The van der Waals surface area contributed by atoms with Crippen molar-refractivity contribution in [2.24, 2.45) is 0 Å². The lowest BCUT2D eigenvalue weighted by atomic mass is 10.3. The fourth-order valence-corrected chi connectivity index (χ4v) is 2.55. The molecule has 6 heteroatoms. The number of anilines is 1. The Morgan fingerprint density at radius 3 is 2.89 bits per heavy atom. The molecule has 90 valence electrons. The summed E-state index contributed by atoms with van der Waals surface area (Å²) in [6.07, 6.45) is 3.45. The van der Waals surface area contributed by atoms with Crippen LogP contribution in [0.15, 0.2) is 41.1 Å². The predicted octanol–water partition coefficient (Wildman–Crippen LogP) is 3.37. The Bertz CT molecular complexity index is 738. The number of pyridine rings is 1. The summed E-state index contributed by atoms with van der Waals surface area (Å²) in [5.74, 6) is 0.464. The summed E-state index contributed by atoms with van der Waals surface area (Å²) >= 11 is 5.80. The van der Waals surface area contributed by atoms with Gasteiger partial charge in [-0.1, -0.05) is 0 Å². The number of aromatic nitrogens is 3. The Morgan fingerprint density at radius 2 is 2.11 bits per heavy atom. The van der Waals surface area contributed by atoms with Gasteiger partial charge in [-0.05, 0) is 62.8 Å². The second-order valence-corrected chi connectivity index (χ2v) is 5.78. The van der Waals surface area contributed by atoms with Crippen molar-refractivity contribution in [1.29, 1.82) is 0 Å². The first-order chi connectivity index (χ1) is 8.66. The number of halogens is 2. The summed E-state index contributed by atoms with van der Waals surface area (Å²) in [6, 6.07) is 7.99. The van der Waals surface area contributed by atoms with Gasteiger partial charge in [-0.25, -0.2) is 4.98 Å². The maximum atomic E-state index is 5.98. The number of hydrogen-bond donors (Lipinski definition) is 1. The van der Waals surface area contributed by atoms with Gasteiger partial charge in [0.1, 0.15) is 5.52 Å². The quantitative estimate of drug-likeness (QED) is 0.621. The Kier molecular flexibility index (Phi) is 2.98. The largest absolute Gasteiger partial charge is 0.369 e. The van der Waals surface area contributed by atoms with Crippen LogP contribution in [0.4, 0.5) is 5.95 Å². The highest BCUT2D eigenvalue weighted by Gasteiger charge is 2.10. The summed E-state index contributed by atoms with van der Waals surface area (Å²) < 4.78 is 4.11. The molecule has 2 heterocycles. The SMILES string of the molecule is Nc1nc2cnccc2n1-c1ccc(I)c(Br)c1. The summed E-state index contributed by atoms with van der Waals surface area (Å²) in [5.41, 5.74) is 8.71. The molecule has 0 bridgehead atoms. The van der Waals surface area contributed by atoms with Crippen LogP contribution in [-0.4, -0.2) is 14.5 Å². The Balaban J connectivity index is 2.30. The van der Waals surface area contributed by atoms with E-state index in [9.17, 15) is 0 Å². The van der Waals surface area contributed by atoms with Gasteiger partial charge in [-0.2, -0.15) is 0 Å². The lowest BCUT2D eigenvalue weighted by molar-refractivity contribution is 1.11. The van der Waals surface area contributed by atoms with E-state index in [1.165, 1.54) is 0 Å². The van der Waals surface area contributed by atoms with E-state index in [2.05, 4.69) is 48.5 Å². The van der Waals surface area contributed by atoms with E-state index >= 15 is 0 Å². The molecular weight excluding hydrogens is 407 g/mol. The van der Waals surface area contributed by atoms with E-state index in [4.69, 9.17) is 5.73 Å². The van der Waals surface area contributed by atoms with Crippen LogP contribution in [0.2, 0.25) is 0 Å². The average molecular weight is 415 g/mol. The van der Waals surface area contributed by atoms with Gasteiger partial charge in [0.05, 0.1) is 17.4 Å². The second kappa shape index (κ2) is 4.51. The molecule has 0 radical (unpaired) electrons. The zero-order chi connectivity index (χ0) is 12.7. The first kappa shape index (κ1) is 11.9. The highest BCUT2D eigenvalue weighted by molar-refractivity contribution is 14.1. The van der Waals surface area contributed by atoms with Gasteiger partial charge in [0, 0.05) is 14.2 Å². The molecule has 18 heavy (non-hydrogen) atoms. The van der Waals surface area contributed by atoms with Gasteiger partial charge < -0.3 is 5.73 Å². The van der Waals surface area contributed by atoms with Crippen molar-refractivity contribution < 1.29 is 0 Å². The molecule has 0 amide bonds. The molecule has 0 spiro atoms.